The smallest absolute Gasteiger partial charge is 0.222 e. The van der Waals surface area contributed by atoms with Gasteiger partial charge in [0, 0.05) is 11.6 Å². The predicted molar refractivity (Wildman–Crippen MR) is 65.2 cm³/mol. The number of rotatable bonds is 3. The number of benzene rings is 1. The quantitative estimate of drug-likeness (QED) is 0.881. The van der Waals surface area contributed by atoms with Crippen molar-refractivity contribution in [3.05, 3.63) is 46.9 Å². The van der Waals surface area contributed by atoms with Crippen LogP contribution in [0.1, 0.15) is 5.56 Å². The summed E-state index contributed by atoms with van der Waals surface area (Å²) >= 11 is 5.76. The molecule has 0 aliphatic carbocycles. The van der Waals surface area contributed by atoms with Gasteiger partial charge in [-0.2, -0.15) is 4.98 Å². The van der Waals surface area contributed by atoms with Gasteiger partial charge in [0.05, 0.1) is 6.20 Å². The lowest BCUT2D eigenvalue weighted by atomic mass is 10.2. The third-order valence-corrected chi connectivity index (χ3v) is 2.39. The number of anilines is 2. The van der Waals surface area contributed by atoms with Gasteiger partial charge in [-0.15, -0.1) is 0 Å². The molecule has 1 aromatic heterocycles. The predicted octanol–water partition coefficient (Wildman–Crippen LogP) is 2.46. The molecule has 0 spiro atoms. The summed E-state index contributed by atoms with van der Waals surface area (Å²) in [5.41, 5.74) is 6.33. The monoisotopic (exact) mass is 252 g/mol. The minimum Gasteiger partial charge on any atom is -0.368 e. The number of aromatic nitrogens is 2. The molecule has 0 radical (unpaired) electrons. The van der Waals surface area contributed by atoms with Gasteiger partial charge >= 0.3 is 0 Å². The molecule has 0 aliphatic heterocycles. The second kappa shape index (κ2) is 4.97. The van der Waals surface area contributed by atoms with Crippen molar-refractivity contribution in [2.24, 2.45) is 0 Å². The van der Waals surface area contributed by atoms with Crippen LogP contribution in [-0.2, 0) is 6.54 Å². The molecule has 2 rings (SSSR count). The lowest BCUT2D eigenvalue weighted by Gasteiger charge is -2.06. The molecular formula is C11H10ClFN4. The molecule has 0 atom stereocenters. The van der Waals surface area contributed by atoms with Crippen LogP contribution in [0, 0.1) is 5.82 Å². The summed E-state index contributed by atoms with van der Waals surface area (Å²) in [7, 11) is 0. The Balaban J connectivity index is 2.07. The van der Waals surface area contributed by atoms with Gasteiger partial charge < -0.3 is 11.1 Å². The molecule has 17 heavy (non-hydrogen) atoms. The first-order chi connectivity index (χ1) is 8.15. The maximum absolute atomic E-state index is 13.3. The highest BCUT2D eigenvalue weighted by Gasteiger charge is 2.04. The van der Waals surface area contributed by atoms with E-state index in [0.717, 1.165) is 11.8 Å². The van der Waals surface area contributed by atoms with Crippen molar-refractivity contribution in [3.8, 4) is 0 Å². The lowest BCUT2D eigenvalue weighted by molar-refractivity contribution is 0.617. The molecule has 88 valence electrons. The first-order valence-corrected chi connectivity index (χ1v) is 5.29. The lowest BCUT2D eigenvalue weighted by Crippen LogP contribution is -2.06. The van der Waals surface area contributed by atoms with Crippen LogP contribution in [0.3, 0.4) is 0 Å². The van der Waals surface area contributed by atoms with Gasteiger partial charge in [-0.1, -0.05) is 23.7 Å². The molecule has 6 heteroatoms. The SMILES string of the molecule is Nc1ncc(F)c(NCc2ccc(Cl)cc2)n1. The number of nitrogen functional groups attached to an aromatic ring is 1. The standard InChI is InChI=1S/C11H10ClFN4/c12-8-3-1-7(2-4-8)5-15-10-9(13)6-16-11(14)17-10/h1-4,6H,5H2,(H3,14,15,16,17). The minimum atomic E-state index is -0.534. The third kappa shape index (κ3) is 3.04. The van der Waals surface area contributed by atoms with E-state index in [9.17, 15) is 4.39 Å². The van der Waals surface area contributed by atoms with Crippen molar-refractivity contribution in [2.75, 3.05) is 11.1 Å². The highest BCUT2D eigenvalue weighted by atomic mass is 35.5. The summed E-state index contributed by atoms with van der Waals surface area (Å²) in [6.45, 7) is 0.435. The minimum absolute atomic E-state index is 0.0324. The Morgan fingerprint density at radius 3 is 2.71 bits per heavy atom. The van der Waals surface area contributed by atoms with Crippen molar-refractivity contribution < 1.29 is 4.39 Å². The molecule has 1 aromatic carbocycles. The second-order valence-corrected chi connectivity index (χ2v) is 3.84. The number of nitrogens with one attached hydrogen (secondary N) is 1. The molecule has 0 aliphatic rings. The highest BCUT2D eigenvalue weighted by molar-refractivity contribution is 6.30. The van der Waals surface area contributed by atoms with Gasteiger partial charge in [0.2, 0.25) is 5.95 Å². The van der Waals surface area contributed by atoms with Gasteiger partial charge in [-0.3, -0.25) is 0 Å². The van der Waals surface area contributed by atoms with E-state index in [4.69, 9.17) is 17.3 Å². The Kier molecular flexibility index (Phi) is 3.39. The molecule has 3 N–H and O–H groups in total. The normalized spacial score (nSPS) is 10.2. The van der Waals surface area contributed by atoms with Crippen molar-refractivity contribution in [3.63, 3.8) is 0 Å². The fraction of sp³-hybridized carbons (Fsp3) is 0.0909. The van der Waals surface area contributed by atoms with Crippen LogP contribution in [0.25, 0.3) is 0 Å². The molecule has 2 aromatic rings. The van der Waals surface area contributed by atoms with E-state index < -0.39 is 5.82 Å². The van der Waals surface area contributed by atoms with Crippen LogP contribution in [0.5, 0.6) is 0 Å². The zero-order chi connectivity index (χ0) is 12.3. The first-order valence-electron chi connectivity index (χ1n) is 4.91. The molecule has 4 nitrogen and oxygen atoms in total. The Bertz CT molecular complexity index is 515. The number of nitrogens with two attached hydrogens (primary N) is 1. The van der Waals surface area contributed by atoms with Crippen LogP contribution in [0.2, 0.25) is 5.02 Å². The van der Waals surface area contributed by atoms with E-state index in [1.807, 2.05) is 12.1 Å². The molecular weight excluding hydrogens is 243 g/mol. The number of halogens is 2. The summed E-state index contributed by atoms with van der Waals surface area (Å²) < 4.78 is 13.3. The largest absolute Gasteiger partial charge is 0.368 e. The van der Waals surface area contributed by atoms with Crippen LogP contribution in [0.4, 0.5) is 16.2 Å². The molecule has 0 fully saturated rings. The van der Waals surface area contributed by atoms with Crippen molar-refractivity contribution in [1.82, 2.24) is 9.97 Å². The molecule has 0 saturated heterocycles. The fourth-order valence-corrected chi connectivity index (χ4v) is 1.42. The summed E-state index contributed by atoms with van der Waals surface area (Å²) in [5, 5.41) is 3.50. The van der Waals surface area contributed by atoms with Gasteiger partial charge in [-0.25, -0.2) is 9.37 Å². The Hall–Kier alpha value is -1.88. The van der Waals surface area contributed by atoms with E-state index in [2.05, 4.69) is 15.3 Å². The summed E-state index contributed by atoms with van der Waals surface area (Å²) in [6, 6.07) is 7.22. The number of hydrogen-bond acceptors (Lipinski definition) is 4. The molecule has 0 amide bonds. The Morgan fingerprint density at radius 1 is 1.29 bits per heavy atom. The van der Waals surface area contributed by atoms with Crippen LogP contribution in [0.15, 0.2) is 30.5 Å². The first kappa shape index (κ1) is 11.6. The zero-order valence-electron chi connectivity index (χ0n) is 8.82. The second-order valence-electron chi connectivity index (χ2n) is 3.40. The van der Waals surface area contributed by atoms with Gasteiger partial charge in [-0.05, 0) is 17.7 Å². The number of nitrogens with zero attached hydrogens (tertiary/aromatic N) is 2. The molecule has 0 saturated carbocycles. The van der Waals surface area contributed by atoms with E-state index >= 15 is 0 Å². The molecule has 0 unspecified atom stereocenters. The summed E-state index contributed by atoms with van der Waals surface area (Å²) in [6.07, 6.45) is 1.03. The maximum Gasteiger partial charge on any atom is 0.222 e. The van der Waals surface area contributed by atoms with Crippen molar-refractivity contribution in [2.45, 2.75) is 6.54 Å². The maximum atomic E-state index is 13.3. The zero-order valence-corrected chi connectivity index (χ0v) is 9.58. The van der Waals surface area contributed by atoms with Crippen molar-refractivity contribution in [1.29, 1.82) is 0 Å². The van der Waals surface area contributed by atoms with Gasteiger partial charge in [0.25, 0.3) is 0 Å². The highest BCUT2D eigenvalue weighted by Crippen LogP contribution is 2.13. The van der Waals surface area contributed by atoms with E-state index in [1.54, 1.807) is 12.1 Å². The van der Waals surface area contributed by atoms with Crippen LogP contribution >= 0.6 is 11.6 Å². The fourth-order valence-electron chi connectivity index (χ4n) is 1.29. The average Bonchev–Trinajstić information content (AvgIpc) is 2.32. The van der Waals surface area contributed by atoms with Gasteiger partial charge in [0.15, 0.2) is 11.6 Å². The van der Waals surface area contributed by atoms with E-state index in [0.29, 0.717) is 11.6 Å². The molecule has 1 heterocycles. The topological polar surface area (TPSA) is 63.8 Å². The Labute approximate surface area is 103 Å². The van der Waals surface area contributed by atoms with E-state index in [1.165, 1.54) is 0 Å². The summed E-state index contributed by atoms with van der Waals surface area (Å²) in [5.74, 6) is -0.411. The number of hydrogen-bond donors (Lipinski definition) is 2. The Morgan fingerprint density at radius 2 is 2.00 bits per heavy atom. The summed E-state index contributed by atoms with van der Waals surface area (Å²) in [4.78, 5) is 7.30. The van der Waals surface area contributed by atoms with Crippen LogP contribution in [-0.4, -0.2) is 9.97 Å². The van der Waals surface area contributed by atoms with Crippen molar-refractivity contribution >= 4 is 23.4 Å². The van der Waals surface area contributed by atoms with Crippen LogP contribution < -0.4 is 11.1 Å². The van der Waals surface area contributed by atoms with Gasteiger partial charge in [0.1, 0.15) is 0 Å². The average molecular weight is 253 g/mol. The molecule has 0 bridgehead atoms. The third-order valence-electron chi connectivity index (χ3n) is 2.14. The van der Waals surface area contributed by atoms with E-state index in [-0.39, 0.29) is 11.8 Å².